The molecule has 1 aromatic heterocycles. The van der Waals surface area contributed by atoms with Gasteiger partial charge < -0.3 is 53.9 Å². The maximum Gasteiger partial charge on any atom is 0.326 e. The van der Waals surface area contributed by atoms with Gasteiger partial charge in [-0.3, -0.25) is 29.0 Å². The third-order valence-electron chi connectivity index (χ3n) is 6.77. The zero-order chi connectivity index (χ0) is 35.7. The molecule has 13 N–H and O–H groups in total. The van der Waals surface area contributed by atoms with Gasteiger partial charge >= 0.3 is 5.97 Å². The van der Waals surface area contributed by atoms with Crippen LogP contribution >= 0.6 is 0 Å². The van der Waals surface area contributed by atoms with Crippen LogP contribution in [0.5, 0.6) is 0 Å². The van der Waals surface area contributed by atoms with Crippen LogP contribution in [0.3, 0.4) is 0 Å². The zero-order valence-electron chi connectivity index (χ0n) is 27.7. The summed E-state index contributed by atoms with van der Waals surface area (Å²) in [6.45, 7) is 8.62. The number of amides is 5. The van der Waals surface area contributed by atoms with E-state index in [2.05, 4.69) is 41.5 Å². The number of hydrogen-bond acceptors (Lipinski definition) is 9. The van der Waals surface area contributed by atoms with Gasteiger partial charge in [-0.15, -0.1) is 0 Å². The van der Waals surface area contributed by atoms with E-state index in [0.29, 0.717) is 12.1 Å². The molecule has 0 bridgehead atoms. The quantitative estimate of drug-likeness (QED) is 0.0374. The average molecular weight is 666 g/mol. The van der Waals surface area contributed by atoms with Crippen molar-refractivity contribution in [3.8, 4) is 0 Å². The maximum atomic E-state index is 13.5. The first kappa shape index (κ1) is 40.3. The van der Waals surface area contributed by atoms with E-state index in [1.807, 2.05) is 27.7 Å². The number of carbonyl (C=O) groups excluding carboxylic acids is 5. The molecule has 18 heteroatoms. The number of nitrogens with one attached hydrogen (secondary N) is 6. The molecular weight excluding hydrogens is 614 g/mol. The number of aromatic amines is 1. The largest absolute Gasteiger partial charge is 0.480 e. The second kappa shape index (κ2) is 20.4. The Labute approximate surface area is 274 Å². The minimum atomic E-state index is -1.27. The first-order valence-electron chi connectivity index (χ1n) is 15.5. The van der Waals surface area contributed by atoms with E-state index in [4.69, 9.17) is 17.2 Å². The highest BCUT2D eigenvalue weighted by Gasteiger charge is 2.30. The molecule has 18 nitrogen and oxygen atoms in total. The molecule has 1 rings (SSSR count). The predicted octanol–water partition coefficient (Wildman–Crippen LogP) is -2.41. The van der Waals surface area contributed by atoms with Crippen molar-refractivity contribution in [3.05, 3.63) is 18.2 Å². The van der Waals surface area contributed by atoms with E-state index >= 15 is 0 Å². The van der Waals surface area contributed by atoms with Crippen molar-refractivity contribution < 1.29 is 33.9 Å². The van der Waals surface area contributed by atoms with Crippen molar-refractivity contribution in [1.82, 2.24) is 36.6 Å². The number of carbonyl (C=O) groups is 6. The maximum absolute atomic E-state index is 13.5. The van der Waals surface area contributed by atoms with Crippen LogP contribution < -0.4 is 43.8 Å². The fourth-order valence-electron chi connectivity index (χ4n) is 4.40. The molecule has 0 fully saturated rings. The number of hydrogen-bond donors (Lipinski definition) is 10. The number of aliphatic carboxylic acids is 1. The van der Waals surface area contributed by atoms with E-state index < -0.39 is 72.3 Å². The Morgan fingerprint density at radius 2 is 1.47 bits per heavy atom. The summed E-state index contributed by atoms with van der Waals surface area (Å²) < 4.78 is 0. The number of H-pyrrole nitrogens is 1. The fourth-order valence-corrected chi connectivity index (χ4v) is 4.40. The molecule has 0 spiro atoms. The number of rotatable bonds is 21. The minimum absolute atomic E-state index is 0.00697. The molecule has 1 heterocycles. The van der Waals surface area contributed by atoms with Crippen LogP contribution in [0.25, 0.3) is 0 Å². The van der Waals surface area contributed by atoms with E-state index in [0.717, 1.165) is 0 Å². The molecule has 0 aliphatic rings. The molecular formula is C29H51N11O7. The molecule has 0 aliphatic carbocycles. The smallest absolute Gasteiger partial charge is 0.326 e. The number of nitrogens with two attached hydrogens (primary N) is 3. The Morgan fingerprint density at radius 1 is 0.851 bits per heavy atom. The lowest BCUT2D eigenvalue weighted by atomic mass is 10.0. The molecule has 0 saturated carbocycles. The van der Waals surface area contributed by atoms with Crippen molar-refractivity contribution in [2.45, 2.75) is 96.9 Å². The number of nitrogens with zero attached hydrogens (tertiary/aromatic N) is 2. The van der Waals surface area contributed by atoms with Crippen molar-refractivity contribution in [1.29, 1.82) is 0 Å². The highest BCUT2D eigenvalue weighted by Crippen LogP contribution is 2.08. The van der Waals surface area contributed by atoms with Crippen LogP contribution in [-0.2, 0) is 35.2 Å². The molecule has 0 radical (unpaired) electrons. The van der Waals surface area contributed by atoms with Gasteiger partial charge in [0, 0.05) is 24.9 Å². The van der Waals surface area contributed by atoms with Gasteiger partial charge in [0.15, 0.2) is 5.96 Å². The number of carboxylic acids is 1. The normalized spacial score (nSPS) is 14.2. The van der Waals surface area contributed by atoms with Crippen molar-refractivity contribution >= 4 is 41.5 Å². The van der Waals surface area contributed by atoms with E-state index in [9.17, 15) is 33.9 Å². The Bertz CT molecular complexity index is 1220. The number of aromatic nitrogens is 2. The summed E-state index contributed by atoms with van der Waals surface area (Å²) in [7, 11) is 0. The van der Waals surface area contributed by atoms with E-state index in [1.54, 1.807) is 0 Å². The van der Waals surface area contributed by atoms with Gasteiger partial charge in [0.25, 0.3) is 0 Å². The summed E-state index contributed by atoms with van der Waals surface area (Å²) in [4.78, 5) is 86.8. The minimum Gasteiger partial charge on any atom is -0.480 e. The van der Waals surface area contributed by atoms with Gasteiger partial charge in [0.05, 0.1) is 18.9 Å². The lowest BCUT2D eigenvalue weighted by Gasteiger charge is -2.26. The summed E-state index contributed by atoms with van der Waals surface area (Å²) in [5.74, 6) is -4.59. The second-order valence-corrected chi connectivity index (χ2v) is 12.1. The van der Waals surface area contributed by atoms with E-state index in [1.165, 1.54) is 19.4 Å². The molecule has 0 unspecified atom stereocenters. The molecule has 0 saturated heterocycles. The summed E-state index contributed by atoms with van der Waals surface area (Å²) in [6, 6.07) is -5.47. The summed E-state index contributed by atoms with van der Waals surface area (Å²) >= 11 is 0. The molecule has 0 aliphatic heterocycles. The lowest BCUT2D eigenvalue weighted by molar-refractivity contribution is -0.142. The van der Waals surface area contributed by atoms with Crippen LogP contribution in [-0.4, -0.2) is 99.8 Å². The predicted molar refractivity (Wildman–Crippen MR) is 173 cm³/mol. The monoisotopic (exact) mass is 665 g/mol. The molecule has 1 aromatic rings. The number of carboxylic acid groups (broad SMARTS) is 1. The van der Waals surface area contributed by atoms with Crippen molar-refractivity contribution in [2.24, 2.45) is 34.0 Å². The van der Waals surface area contributed by atoms with Gasteiger partial charge in [0.2, 0.25) is 29.5 Å². The second-order valence-electron chi connectivity index (χ2n) is 12.1. The molecule has 0 aromatic carbocycles. The highest BCUT2D eigenvalue weighted by atomic mass is 16.4. The third-order valence-corrected chi connectivity index (χ3v) is 6.77. The van der Waals surface area contributed by atoms with Crippen LogP contribution in [0.15, 0.2) is 17.5 Å². The standard InChI is InChI=1S/C29H51N11O7/c1-15(2)9-19(30)25(43)35-13-23(41)38-22(11-18-12-33-14-36-18)27(45)40-21(10-16(3)4)26(44)37-17(5)24(42)39-20(28(46)47)7-6-8-34-29(31)32/h12,14-17,19-22H,6-11,13,30H2,1-5H3,(H,33,36)(H,35,43)(H,37,44)(H,38,41)(H,39,42)(H,40,45)(H,46,47)(H4,31,32,34)/t17-,19-,20-,21-,22-/m0/s1. The average Bonchev–Trinajstić information content (AvgIpc) is 3.48. The number of guanidine groups is 1. The topological polar surface area (TPSA) is 302 Å². The first-order chi connectivity index (χ1) is 22.0. The van der Waals surface area contributed by atoms with Crippen LogP contribution in [0.1, 0.15) is 66.0 Å². The van der Waals surface area contributed by atoms with E-state index in [-0.39, 0.29) is 50.0 Å². The van der Waals surface area contributed by atoms with Crippen molar-refractivity contribution in [2.75, 3.05) is 13.1 Å². The van der Waals surface area contributed by atoms with Gasteiger partial charge in [-0.2, -0.15) is 0 Å². The summed E-state index contributed by atoms with van der Waals surface area (Å²) in [5, 5.41) is 22.1. The van der Waals surface area contributed by atoms with Crippen molar-refractivity contribution in [3.63, 3.8) is 0 Å². The molecule has 264 valence electrons. The van der Waals surface area contributed by atoms with Gasteiger partial charge in [0.1, 0.15) is 24.2 Å². The van der Waals surface area contributed by atoms with Gasteiger partial charge in [-0.25, -0.2) is 9.78 Å². The lowest BCUT2D eigenvalue weighted by Crippen LogP contribution is -2.58. The Kier molecular flexibility index (Phi) is 17.5. The zero-order valence-corrected chi connectivity index (χ0v) is 27.7. The van der Waals surface area contributed by atoms with Crippen LogP contribution in [0.4, 0.5) is 0 Å². The Hall–Kier alpha value is -4.74. The number of imidazole rings is 1. The Balaban J connectivity index is 2.94. The first-order valence-corrected chi connectivity index (χ1v) is 15.5. The van der Waals surface area contributed by atoms with Crippen LogP contribution in [0, 0.1) is 11.8 Å². The number of aliphatic imine (C=N–C) groups is 1. The van der Waals surface area contributed by atoms with Crippen LogP contribution in [0.2, 0.25) is 0 Å². The Morgan fingerprint density at radius 3 is 2.02 bits per heavy atom. The SMILES string of the molecule is CC(C)C[C@H](NC(=O)[C@H](Cc1cnc[nH]1)NC(=O)CNC(=O)[C@@H](N)CC(C)C)C(=O)N[C@@H](C)C(=O)N[C@@H](CCCN=C(N)N)C(=O)O. The third kappa shape index (κ3) is 16.4. The molecule has 5 atom stereocenters. The highest BCUT2D eigenvalue weighted by molar-refractivity contribution is 5.95. The fraction of sp³-hybridized carbons (Fsp3) is 0.655. The summed E-state index contributed by atoms with van der Waals surface area (Å²) in [6.07, 6.45) is 3.82. The summed E-state index contributed by atoms with van der Waals surface area (Å²) in [5.41, 5.74) is 16.9. The van der Waals surface area contributed by atoms with Gasteiger partial charge in [-0.1, -0.05) is 27.7 Å². The molecule has 47 heavy (non-hydrogen) atoms. The molecule has 5 amide bonds. The van der Waals surface area contributed by atoms with Gasteiger partial charge in [-0.05, 0) is 44.4 Å².